The van der Waals surface area contributed by atoms with Crippen LogP contribution < -0.4 is 10.6 Å². The lowest BCUT2D eigenvalue weighted by atomic mass is 10.2. The van der Waals surface area contributed by atoms with E-state index in [9.17, 15) is 4.79 Å². The molecule has 124 valence electrons. The van der Waals surface area contributed by atoms with Crippen molar-refractivity contribution in [1.82, 2.24) is 19.9 Å². The van der Waals surface area contributed by atoms with Gasteiger partial charge in [0.05, 0.1) is 29.2 Å². The van der Waals surface area contributed by atoms with E-state index in [0.717, 1.165) is 28.1 Å². The Morgan fingerprint density at radius 1 is 1.16 bits per heavy atom. The predicted octanol–water partition coefficient (Wildman–Crippen LogP) is 3.56. The van der Waals surface area contributed by atoms with Crippen LogP contribution in [0.5, 0.6) is 0 Å². The largest absolute Gasteiger partial charge is 0.354 e. The summed E-state index contributed by atoms with van der Waals surface area (Å²) in [6, 6.07) is 11.8. The summed E-state index contributed by atoms with van der Waals surface area (Å²) in [5.74, 6) is -0.0879. The van der Waals surface area contributed by atoms with Gasteiger partial charge in [0, 0.05) is 18.3 Å². The molecule has 1 aromatic carbocycles. The summed E-state index contributed by atoms with van der Waals surface area (Å²) < 4.78 is 1.73. The van der Waals surface area contributed by atoms with E-state index >= 15 is 0 Å². The van der Waals surface area contributed by atoms with Crippen molar-refractivity contribution in [1.29, 1.82) is 0 Å². The van der Waals surface area contributed by atoms with Crippen LogP contribution in [0.2, 0.25) is 0 Å². The van der Waals surface area contributed by atoms with Crippen molar-refractivity contribution < 1.29 is 4.79 Å². The zero-order valence-electron chi connectivity index (χ0n) is 13.4. The highest BCUT2D eigenvalue weighted by atomic mass is 32.1. The Hall–Kier alpha value is -3.19. The average molecular weight is 349 g/mol. The highest BCUT2D eigenvalue weighted by Gasteiger charge is 2.13. The molecule has 25 heavy (non-hydrogen) atoms. The molecule has 0 saturated heterocycles. The number of carbonyl (C=O) groups is 1. The standard InChI is InChI=1S/C18H15N5OS/c1-19-18(24)16-7-12(11-25-16)15-9-21-23-10-14(8-20-17(15)23)22-13-5-3-2-4-6-13/h2-11,22H,1H3,(H,19,24). The predicted molar refractivity (Wildman–Crippen MR) is 99.4 cm³/mol. The number of benzene rings is 1. The minimum Gasteiger partial charge on any atom is -0.354 e. The summed E-state index contributed by atoms with van der Waals surface area (Å²) in [4.78, 5) is 16.9. The van der Waals surface area contributed by atoms with Crippen molar-refractivity contribution >= 4 is 34.3 Å². The first-order valence-electron chi connectivity index (χ1n) is 7.71. The number of anilines is 2. The quantitative estimate of drug-likeness (QED) is 0.591. The minimum absolute atomic E-state index is 0.0879. The van der Waals surface area contributed by atoms with Crippen molar-refractivity contribution in [3.8, 4) is 11.1 Å². The molecule has 6 nitrogen and oxygen atoms in total. The molecule has 0 aliphatic carbocycles. The van der Waals surface area contributed by atoms with Crippen LogP contribution in [0.4, 0.5) is 11.4 Å². The van der Waals surface area contributed by atoms with E-state index in [4.69, 9.17) is 0 Å². The van der Waals surface area contributed by atoms with E-state index in [0.29, 0.717) is 4.88 Å². The first-order chi connectivity index (χ1) is 12.2. The fourth-order valence-corrected chi connectivity index (χ4v) is 3.40. The van der Waals surface area contributed by atoms with E-state index in [1.165, 1.54) is 11.3 Å². The topological polar surface area (TPSA) is 71.3 Å². The van der Waals surface area contributed by atoms with Gasteiger partial charge in [-0.25, -0.2) is 9.50 Å². The number of para-hydroxylation sites is 1. The maximum absolute atomic E-state index is 11.7. The van der Waals surface area contributed by atoms with Gasteiger partial charge in [-0.2, -0.15) is 5.10 Å². The molecular formula is C18H15N5OS. The van der Waals surface area contributed by atoms with Crippen LogP contribution in [-0.4, -0.2) is 27.6 Å². The molecule has 0 unspecified atom stereocenters. The van der Waals surface area contributed by atoms with Crippen molar-refractivity contribution in [2.45, 2.75) is 0 Å². The molecule has 3 heterocycles. The number of carbonyl (C=O) groups excluding carboxylic acids is 1. The van der Waals surface area contributed by atoms with E-state index in [-0.39, 0.29) is 5.91 Å². The fourth-order valence-electron chi connectivity index (χ4n) is 2.55. The van der Waals surface area contributed by atoms with Crippen LogP contribution in [0, 0.1) is 0 Å². The van der Waals surface area contributed by atoms with Gasteiger partial charge in [-0.1, -0.05) is 18.2 Å². The van der Waals surface area contributed by atoms with Crippen molar-refractivity contribution in [2.24, 2.45) is 0 Å². The molecule has 3 aromatic heterocycles. The lowest BCUT2D eigenvalue weighted by Gasteiger charge is -2.06. The fraction of sp³-hybridized carbons (Fsp3) is 0.0556. The number of fused-ring (bicyclic) bond motifs is 1. The molecule has 4 rings (SSSR count). The highest BCUT2D eigenvalue weighted by Crippen LogP contribution is 2.29. The number of hydrogen-bond acceptors (Lipinski definition) is 5. The molecule has 2 N–H and O–H groups in total. The summed E-state index contributed by atoms with van der Waals surface area (Å²) in [7, 11) is 1.62. The monoisotopic (exact) mass is 349 g/mol. The SMILES string of the molecule is CNC(=O)c1cc(-c2cnn3cc(Nc4ccccc4)cnc23)cs1. The third kappa shape index (κ3) is 2.97. The molecule has 7 heteroatoms. The lowest BCUT2D eigenvalue weighted by molar-refractivity contribution is 0.0967. The molecular weight excluding hydrogens is 334 g/mol. The Bertz CT molecular complexity index is 1040. The summed E-state index contributed by atoms with van der Waals surface area (Å²) in [6.07, 6.45) is 5.44. The van der Waals surface area contributed by atoms with Gasteiger partial charge >= 0.3 is 0 Å². The maximum Gasteiger partial charge on any atom is 0.261 e. The second-order valence-electron chi connectivity index (χ2n) is 5.44. The van der Waals surface area contributed by atoms with E-state index in [1.54, 1.807) is 24.0 Å². The van der Waals surface area contributed by atoms with Crippen LogP contribution in [0.3, 0.4) is 0 Å². The van der Waals surface area contributed by atoms with Crippen LogP contribution in [-0.2, 0) is 0 Å². The molecule has 0 spiro atoms. The maximum atomic E-state index is 11.7. The Kier molecular flexibility index (Phi) is 3.91. The molecule has 4 aromatic rings. The number of nitrogens with one attached hydrogen (secondary N) is 2. The number of thiophene rings is 1. The molecule has 1 amide bonds. The van der Waals surface area contributed by atoms with Crippen LogP contribution in [0.1, 0.15) is 9.67 Å². The van der Waals surface area contributed by atoms with Gasteiger partial charge in [0.25, 0.3) is 5.91 Å². The zero-order valence-corrected chi connectivity index (χ0v) is 14.2. The molecule has 0 saturated carbocycles. The van der Waals surface area contributed by atoms with Gasteiger partial charge in [-0.15, -0.1) is 11.3 Å². The van der Waals surface area contributed by atoms with Crippen LogP contribution >= 0.6 is 11.3 Å². The van der Waals surface area contributed by atoms with E-state index < -0.39 is 0 Å². The van der Waals surface area contributed by atoms with Crippen molar-refractivity contribution in [3.63, 3.8) is 0 Å². The van der Waals surface area contributed by atoms with E-state index in [1.807, 2.05) is 48.0 Å². The molecule has 0 radical (unpaired) electrons. The van der Waals surface area contributed by atoms with Gasteiger partial charge in [0.2, 0.25) is 0 Å². The van der Waals surface area contributed by atoms with Crippen molar-refractivity contribution in [2.75, 3.05) is 12.4 Å². The van der Waals surface area contributed by atoms with Crippen molar-refractivity contribution in [3.05, 3.63) is 65.2 Å². The zero-order chi connectivity index (χ0) is 17.2. The number of aromatic nitrogens is 3. The van der Waals surface area contributed by atoms with Gasteiger partial charge in [0.15, 0.2) is 5.65 Å². The Morgan fingerprint density at radius 2 is 2.00 bits per heavy atom. The number of rotatable bonds is 4. The average Bonchev–Trinajstić information content (AvgIpc) is 3.28. The van der Waals surface area contributed by atoms with Crippen LogP contribution in [0.15, 0.2) is 60.4 Å². The Morgan fingerprint density at radius 3 is 2.80 bits per heavy atom. The molecule has 0 aliphatic rings. The van der Waals surface area contributed by atoms with E-state index in [2.05, 4.69) is 20.7 Å². The number of hydrogen-bond donors (Lipinski definition) is 2. The number of nitrogens with zero attached hydrogens (tertiary/aromatic N) is 3. The first-order valence-corrected chi connectivity index (χ1v) is 8.59. The van der Waals surface area contributed by atoms with Crippen LogP contribution in [0.25, 0.3) is 16.8 Å². The molecule has 0 atom stereocenters. The molecule has 0 fully saturated rings. The second-order valence-corrected chi connectivity index (χ2v) is 6.35. The van der Waals surface area contributed by atoms with Gasteiger partial charge in [0.1, 0.15) is 0 Å². The highest BCUT2D eigenvalue weighted by molar-refractivity contribution is 7.12. The molecule has 0 bridgehead atoms. The summed E-state index contributed by atoms with van der Waals surface area (Å²) in [5, 5.41) is 12.3. The minimum atomic E-state index is -0.0879. The van der Waals surface area contributed by atoms with Gasteiger partial charge in [-0.3, -0.25) is 4.79 Å². The summed E-state index contributed by atoms with van der Waals surface area (Å²) in [5.41, 5.74) is 4.43. The lowest BCUT2D eigenvalue weighted by Crippen LogP contribution is -2.15. The Balaban J connectivity index is 1.66. The first kappa shape index (κ1) is 15.3. The third-order valence-corrected chi connectivity index (χ3v) is 4.71. The molecule has 0 aliphatic heterocycles. The summed E-state index contributed by atoms with van der Waals surface area (Å²) >= 11 is 1.40. The Labute approximate surface area is 148 Å². The smallest absolute Gasteiger partial charge is 0.261 e. The number of amides is 1. The normalized spacial score (nSPS) is 10.8. The van der Waals surface area contributed by atoms with Gasteiger partial charge in [-0.05, 0) is 29.1 Å². The van der Waals surface area contributed by atoms with Gasteiger partial charge < -0.3 is 10.6 Å². The second kappa shape index (κ2) is 6.37. The third-order valence-electron chi connectivity index (χ3n) is 3.78. The summed E-state index contributed by atoms with van der Waals surface area (Å²) in [6.45, 7) is 0.